The first kappa shape index (κ1) is 36.4. The Bertz CT molecular complexity index is 3320. The predicted molar refractivity (Wildman–Crippen MR) is 255 cm³/mol. The van der Waals surface area contributed by atoms with Crippen LogP contribution in [0.25, 0.3) is 83.1 Å². The van der Waals surface area contributed by atoms with Crippen LogP contribution < -0.4 is 15.9 Å². The lowest BCUT2D eigenvalue weighted by molar-refractivity contribution is 0.592. The molecule has 288 valence electrons. The van der Waals surface area contributed by atoms with Crippen molar-refractivity contribution >= 4 is 50.2 Å². The van der Waals surface area contributed by atoms with Crippen molar-refractivity contribution in [3.63, 3.8) is 0 Å². The molecule has 0 aliphatic rings. The van der Waals surface area contributed by atoms with Gasteiger partial charge in [-0.2, -0.15) is 0 Å². The fraction of sp³-hybridized carbons (Fsp3) is 0. The first-order chi connectivity index (χ1) is 30.1. The Morgan fingerprint density at radius 2 is 0.803 bits per heavy atom. The van der Waals surface area contributed by atoms with Crippen LogP contribution in [-0.2, 0) is 4.57 Å². The van der Waals surface area contributed by atoms with Crippen molar-refractivity contribution in [2.75, 3.05) is 0 Å². The van der Waals surface area contributed by atoms with Gasteiger partial charge in [-0.25, -0.2) is 9.50 Å². The van der Waals surface area contributed by atoms with Gasteiger partial charge in [0.1, 0.15) is 0 Å². The van der Waals surface area contributed by atoms with E-state index in [0.717, 1.165) is 93.2 Å². The fourth-order valence-electron chi connectivity index (χ4n) is 8.91. The van der Waals surface area contributed by atoms with Crippen molar-refractivity contribution in [2.45, 2.75) is 0 Å². The highest BCUT2D eigenvalue weighted by Crippen LogP contribution is 2.47. The Morgan fingerprint density at radius 1 is 0.361 bits per heavy atom. The van der Waals surface area contributed by atoms with Gasteiger partial charge < -0.3 is 4.57 Å². The molecule has 61 heavy (non-hydrogen) atoms. The second-order valence-corrected chi connectivity index (χ2v) is 18.1. The van der Waals surface area contributed by atoms with Gasteiger partial charge >= 0.3 is 0 Å². The summed E-state index contributed by atoms with van der Waals surface area (Å²) >= 11 is 0. The predicted octanol–water partition coefficient (Wildman–Crippen LogP) is 13.0. The van der Waals surface area contributed by atoms with Crippen LogP contribution in [0.5, 0.6) is 0 Å². The normalized spacial score (nSPS) is 11.7. The van der Waals surface area contributed by atoms with E-state index in [1.807, 2.05) is 77.3 Å². The van der Waals surface area contributed by atoms with Crippen LogP contribution in [0.15, 0.2) is 231 Å². The summed E-state index contributed by atoms with van der Waals surface area (Å²) in [6.07, 6.45) is 2.08. The number of nitrogens with zero attached hydrogens (tertiary/aromatic N) is 3. The topological polar surface area (TPSA) is 47.3 Å². The zero-order chi connectivity index (χ0) is 40.8. The van der Waals surface area contributed by atoms with E-state index in [4.69, 9.17) is 10.1 Å². The van der Waals surface area contributed by atoms with Crippen LogP contribution in [-0.4, -0.2) is 14.6 Å². The number of pyridine rings is 1. The second kappa shape index (κ2) is 15.2. The third-order valence-electron chi connectivity index (χ3n) is 11.8. The van der Waals surface area contributed by atoms with Crippen molar-refractivity contribution in [1.29, 1.82) is 0 Å². The van der Waals surface area contributed by atoms with Gasteiger partial charge in [0.15, 0.2) is 18.6 Å². The molecule has 0 bridgehead atoms. The molecule has 0 N–H and O–H groups in total. The van der Waals surface area contributed by atoms with E-state index in [1.54, 1.807) is 0 Å². The molecule has 0 saturated carbocycles. The first-order valence-electron chi connectivity index (χ1n) is 20.5. The quantitative estimate of drug-likeness (QED) is 0.114. The summed E-state index contributed by atoms with van der Waals surface area (Å²) in [4.78, 5) is 5.31. The lowest BCUT2D eigenvalue weighted by Crippen LogP contribution is -2.24. The average molecular weight is 800 g/mol. The maximum absolute atomic E-state index is 15.3. The summed E-state index contributed by atoms with van der Waals surface area (Å²) in [7, 11) is -3.13. The van der Waals surface area contributed by atoms with E-state index in [9.17, 15) is 0 Å². The van der Waals surface area contributed by atoms with Gasteiger partial charge in [-0.05, 0) is 61.0 Å². The smallest absolute Gasteiger partial charge is 0.182 e. The van der Waals surface area contributed by atoms with E-state index >= 15 is 4.57 Å². The SMILES string of the molecule is O=P(c1ccccc1)(c1ccccc1)c1ccc(-c2c3ccccc3c(-c3ccccc3-c3nc4c(-c5ccccc5)cc(-c5ccccc5)cn4n3)c3ccccc23)cc1. The molecule has 0 spiro atoms. The van der Waals surface area contributed by atoms with Gasteiger partial charge in [0.05, 0.1) is 0 Å². The highest BCUT2D eigenvalue weighted by atomic mass is 31.2. The van der Waals surface area contributed by atoms with E-state index in [-0.39, 0.29) is 0 Å². The minimum atomic E-state index is -3.13. The van der Waals surface area contributed by atoms with Crippen molar-refractivity contribution in [1.82, 2.24) is 14.6 Å². The molecular formula is C56H38N3OP. The second-order valence-electron chi connectivity index (χ2n) is 15.3. The highest BCUT2D eigenvalue weighted by molar-refractivity contribution is 7.85. The Morgan fingerprint density at radius 3 is 1.36 bits per heavy atom. The van der Waals surface area contributed by atoms with E-state index < -0.39 is 7.14 Å². The van der Waals surface area contributed by atoms with E-state index in [0.29, 0.717) is 5.82 Å². The molecule has 2 aromatic heterocycles. The average Bonchev–Trinajstić information content (AvgIpc) is 3.78. The van der Waals surface area contributed by atoms with Gasteiger partial charge in [-0.3, -0.25) is 0 Å². The molecule has 9 aromatic carbocycles. The molecule has 0 fully saturated rings. The minimum Gasteiger partial charge on any atom is -0.309 e. The summed E-state index contributed by atoms with van der Waals surface area (Å²) in [6.45, 7) is 0. The Labute approximate surface area is 354 Å². The van der Waals surface area contributed by atoms with Gasteiger partial charge in [0, 0.05) is 38.8 Å². The number of hydrogen-bond acceptors (Lipinski definition) is 3. The maximum atomic E-state index is 15.3. The third-order valence-corrected chi connectivity index (χ3v) is 14.8. The molecule has 5 heteroatoms. The van der Waals surface area contributed by atoms with Crippen LogP contribution in [0.3, 0.4) is 0 Å². The molecule has 2 heterocycles. The Hall–Kier alpha value is -7.65. The monoisotopic (exact) mass is 799 g/mol. The zero-order valence-electron chi connectivity index (χ0n) is 33.1. The lowest BCUT2D eigenvalue weighted by Gasteiger charge is -2.21. The summed E-state index contributed by atoms with van der Waals surface area (Å²) in [5.74, 6) is 0.659. The van der Waals surface area contributed by atoms with E-state index in [1.165, 1.54) is 0 Å². The molecule has 0 saturated heterocycles. The summed E-state index contributed by atoms with van der Waals surface area (Å²) in [5, 5.41) is 12.2. The minimum absolute atomic E-state index is 0.659. The largest absolute Gasteiger partial charge is 0.309 e. The summed E-state index contributed by atoms with van der Waals surface area (Å²) in [5.41, 5.74) is 10.4. The van der Waals surface area contributed by atoms with Crippen LogP contribution in [0.4, 0.5) is 0 Å². The zero-order valence-corrected chi connectivity index (χ0v) is 34.0. The van der Waals surface area contributed by atoms with Crippen LogP contribution >= 0.6 is 7.14 Å². The number of aromatic nitrogens is 3. The van der Waals surface area contributed by atoms with Gasteiger partial charge in [-0.15, -0.1) is 5.10 Å². The van der Waals surface area contributed by atoms with E-state index in [2.05, 4.69) is 158 Å². The van der Waals surface area contributed by atoms with Crippen molar-refractivity contribution < 1.29 is 4.57 Å². The molecule has 4 nitrogen and oxygen atoms in total. The van der Waals surface area contributed by atoms with Crippen molar-refractivity contribution in [3.05, 3.63) is 231 Å². The van der Waals surface area contributed by atoms with Crippen LogP contribution in [0.1, 0.15) is 0 Å². The number of fused-ring (bicyclic) bond motifs is 3. The molecule has 0 radical (unpaired) electrons. The number of hydrogen-bond donors (Lipinski definition) is 0. The molecule has 0 unspecified atom stereocenters. The summed E-state index contributed by atoms with van der Waals surface area (Å²) < 4.78 is 17.2. The third kappa shape index (κ3) is 6.28. The number of rotatable bonds is 8. The molecule has 11 rings (SSSR count). The maximum Gasteiger partial charge on any atom is 0.182 e. The Balaban J connectivity index is 1.09. The molecular weight excluding hydrogens is 762 g/mol. The Kier molecular flexibility index (Phi) is 9.07. The lowest BCUT2D eigenvalue weighted by atomic mass is 9.85. The fourth-order valence-corrected chi connectivity index (χ4v) is 11.6. The van der Waals surface area contributed by atoms with Gasteiger partial charge in [0.2, 0.25) is 0 Å². The van der Waals surface area contributed by atoms with Crippen molar-refractivity contribution in [3.8, 4) is 55.9 Å². The highest BCUT2D eigenvalue weighted by Gasteiger charge is 2.30. The van der Waals surface area contributed by atoms with Gasteiger partial charge in [-0.1, -0.05) is 218 Å². The first-order valence-corrected chi connectivity index (χ1v) is 22.2. The standard InChI is InChI=1S/C56H38N3OP/c60-61(43-23-9-3-10-24-43,44-25-11-4-12-26-44)45-35-33-41(34-36-45)53-46-27-13-15-29-48(46)54(49-30-16-14-28-47(49)53)50-31-17-18-32-51(50)55-57-56-52(40-21-7-2-8-22-40)37-42(38-59(56)58-55)39-19-5-1-6-20-39/h1-38H. The van der Waals surface area contributed by atoms with Crippen molar-refractivity contribution in [2.24, 2.45) is 0 Å². The summed E-state index contributed by atoms with van der Waals surface area (Å²) in [6, 6.07) is 77.1. The van der Waals surface area contributed by atoms with Gasteiger partial charge in [0.25, 0.3) is 0 Å². The molecule has 0 amide bonds. The molecule has 0 aliphatic carbocycles. The molecule has 11 aromatic rings. The molecule has 0 atom stereocenters. The van der Waals surface area contributed by atoms with Crippen LogP contribution in [0.2, 0.25) is 0 Å². The number of benzene rings is 9. The van der Waals surface area contributed by atoms with Crippen LogP contribution in [0, 0.1) is 0 Å². The molecule has 0 aliphatic heterocycles.